The molecule has 0 saturated heterocycles. The van der Waals surface area contributed by atoms with Gasteiger partial charge in [0.05, 0.1) is 30.2 Å². The van der Waals surface area contributed by atoms with Gasteiger partial charge >= 0.3 is 5.97 Å². The van der Waals surface area contributed by atoms with E-state index in [1.165, 1.54) is 18.2 Å². The Morgan fingerprint density at radius 3 is 2.32 bits per heavy atom. The maximum absolute atomic E-state index is 12.6. The van der Waals surface area contributed by atoms with Crippen molar-refractivity contribution in [2.24, 2.45) is 0 Å². The summed E-state index contributed by atoms with van der Waals surface area (Å²) in [4.78, 5) is 23.6. The molecule has 0 spiro atoms. The number of nitriles is 1. The Kier molecular flexibility index (Phi) is 8.75. The number of halogens is 4. The Morgan fingerprint density at radius 1 is 1.09 bits per heavy atom. The normalized spacial score (nSPS) is 11.0. The summed E-state index contributed by atoms with van der Waals surface area (Å²) < 4.78 is 7.04. The molecule has 3 aromatic carbocycles. The summed E-state index contributed by atoms with van der Waals surface area (Å²) in [5.74, 6) is -1.13. The number of carboxylic acid groups (broad SMARTS) is 1. The van der Waals surface area contributed by atoms with Gasteiger partial charge in [-0.05, 0) is 85.5 Å². The SMILES string of the molecule is N#C/C(=C/c1cc(Br)c(OCc2ccc(C(=O)O)cc2)c(Br)c1)C(=O)Nc1cccc(Cl)c1Cl. The zero-order valence-corrected chi connectivity index (χ0v) is 21.8. The zero-order valence-electron chi connectivity index (χ0n) is 17.1. The summed E-state index contributed by atoms with van der Waals surface area (Å²) in [6.45, 7) is 0.207. The Morgan fingerprint density at radius 2 is 1.74 bits per heavy atom. The van der Waals surface area contributed by atoms with E-state index in [4.69, 9.17) is 33.0 Å². The summed E-state index contributed by atoms with van der Waals surface area (Å²) >= 11 is 19.0. The molecule has 3 rings (SSSR count). The summed E-state index contributed by atoms with van der Waals surface area (Å²) in [7, 11) is 0. The molecule has 6 nitrogen and oxygen atoms in total. The smallest absolute Gasteiger partial charge is 0.335 e. The molecule has 0 heterocycles. The van der Waals surface area contributed by atoms with E-state index in [1.807, 2.05) is 6.07 Å². The standard InChI is InChI=1S/C24H14Br2Cl2N2O4/c25-17-9-14(8-16(11-29)23(31)30-20-3-1-2-19(27)21(20)28)10-18(26)22(17)34-12-13-4-6-15(7-5-13)24(32)33/h1-10H,12H2,(H,30,31)(H,32,33)/b16-8-. The number of ether oxygens (including phenoxy) is 1. The fraction of sp³-hybridized carbons (Fsp3) is 0.0417. The lowest BCUT2D eigenvalue weighted by molar-refractivity contribution is -0.112. The first kappa shape index (κ1) is 25.8. The van der Waals surface area contributed by atoms with Crippen molar-refractivity contribution in [1.29, 1.82) is 5.26 Å². The molecule has 0 atom stereocenters. The van der Waals surface area contributed by atoms with Gasteiger partial charge in [0.2, 0.25) is 0 Å². The number of hydrogen-bond acceptors (Lipinski definition) is 4. The maximum atomic E-state index is 12.6. The fourth-order valence-corrected chi connectivity index (χ4v) is 4.60. The van der Waals surface area contributed by atoms with Gasteiger partial charge in [0, 0.05) is 0 Å². The minimum atomic E-state index is -0.998. The van der Waals surface area contributed by atoms with Crippen LogP contribution in [-0.4, -0.2) is 17.0 Å². The number of anilines is 1. The number of hydrogen-bond donors (Lipinski definition) is 2. The monoisotopic (exact) mass is 622 g/mol. The average molecular weight is 625 g/mol. The number of carbonyl (C=O) groups is 2. The summed E-state index contributed by atoms with van der Waals surface area (Å²) in [5, 5.41) is 21.5. The van der Waals surface area contributed by atoms with Crippen molar-refractivity contribution in [3.8, 4) is 11.8 Å². The molecule has 2 N–H and O–H groups in total. The predicted molar refractivity (Wildman–Crippen MR) is 138 cm³/mol. The van der Waals surface area contributed by atoms with Crippen LogP contribution in [0.25, 0.3) is 6.08 Å². The van der Waals surface area contributed by atoms with Gasteiger partial charge in [-0.15, -0.1) is 0 Å². The van der Waals surface area contributed by atoms with Gasteiger partial charge in [-0.2, -0.15) is 5.26 Å². The molecule has 0 aliphatic rings. The molecule has 3 aromatic rings. The molecule has 1 amide bonds. The highest BCUT2D eigenvalue weighted by atomic mass is 79.9. The van der Waals surface area contributed by atoms with Gasteiger partial charge in [0.15, 0.2) is 0 Å². The summed E-state index contributed by atoms with van der Waals surface area (Å²) in [5.41, 5.74) is 1.71. The highest BCUT2D eigenvalue weighted by Crippen LogP contribution is 2.36. The number of carboxylic acids is 1. The maximum Gasteiger partial charge on any atom is 0.335 e. The Labute approximate surface area is 222 Å². The lowest BCUT2D eigenvalue weighted by atomic mass is 10.1. The van der Waals surface area contributed by atoms with Crippen molar-refractivity contribution >= 4 is 78.7 Å². The molecular formula is C24H14Br2Cl2N2O4. The quantitative estimate of drug-likeness (QED) is 0.212. The van der Waals surface area contributed by atoms with E-state index < -0.39 is 11.9 Å². The van der Waals surface area contributed by atoms with Crippen LogP contribution < -0.4 is 10.1 Å². The van der Waals surface area contributed by atoms with E-state index in [-0.39, 0.29) is 27.8 Å². The van der Waals surface area contributed by atoms with Crippen LogP contribution in [0.1, 0.15) is 21.5 Å². The first-order chi connectivity index (χ1) is 16.2. The topological polar surface area (TPSA) is 99.4 Å². The Hall–Kier alpha value is -2.83. The van der Waals surface area contributed by atoms with E-state index in [1.54, 1.807) is 42.5 Å². The molecule has 0 fully saturated rings. The van der Waals surface area contributed by atoms with Crippen molar-refractivity contribution in [2.45, 2.75) is 6.61 Å². The van der Waals surface area contributed by atoms with E-state index >= 15 is 0 Å². The molecule has 0 aromatic heterocycles. The molecule has 0 aliphatic carbocycles. The number of benzene rings is 3. The first-order valence-corrected chi connectivity index (χ1v) is 11.8. The number of amides is 1. The van der Waals surface area contributed by atoms with Crippen LogP contribution in [0.2, 0.25) is 10.0 Å². The van der Waals surface area contributed by atoms with Gasteiger partial charge in [-0.25, -0.2) is 4.79 Å². The van der Waals surface area contributed by atoms with Crippen LogP contribution in [0.3, 0.4) is 0 Å². The summed E-state index contributed by atoms with van der Waals surface area (Å²) in [6, 6.07) is 16.4. The van der Waals surface area contributed by atoms with Gasteiger partial charge in [-0.1, -0.05) is 41.4 Å². The van der Waals surface area contributed by atoms with Crippen molar-refractivity contribution < 1.29 is 19.4 Å². The zero-order chi connectivity index (χ0) is 24.8. The molecule has 0 aliphatic heterocycles. The highest BCUT2D eigenvalue weighted by Gasteiger charge is 2.15. The van der Waals surface area contributed by atoms with E-state index in [0.717, 1.165) is 5.56 Å². The van der Waals surface area contributed by atoms with Crippen molar-refractivity contribution in [1.82, 2.24) is 0 Å². The third-order valence-corrected chi connectivity index (χ3v) is 6.48. The number of nitrogens with one attached hydrogen (secondary N) is 1. The second kappa shape index (κ2) is 11.5. The molecular weight excluding hydrogens is 611 g/mol. The van der Waals surface area contributed by atoms with Crippen molar-refractivity contribution in [3.63, 3.8) is 0 Å². The molecule has 0 saturated carbocycles. The fourth-order valence-electron chi connectivity index (χ4n) is 2.81. The Balaban J connectivity index is 1.76. The van der Waals surface area contributed by atoms with Crippen molar-refractivity contribution in [3.05, 3.63) is 95.9 Å². The minimum Gasteiger partial charge on any atom is -0.487 e. The molecule has 34 heavy (non-hydrogen) atoms. The minimum absolute atomic E-state index is 0.137. The number of carbonyl (C=O) groups excluding carboxylic acids is 1. The lowest BCUT2D eigenvalue weighted by Crippen LogP contribution is -2.13. The predicted octanol–water partition coefficient (Wildman–Crippen LogP) is 7.34. The molecule has 0 radical (unpaired) electrons. The number of rotatable bonds is 7. The third kappa shape index (κ3) is 6.39. The van der Waals surface area contributed by atoms with E-state index in [2.05, 4.69) is 37.2 Å². The van der Waals surface area contributed by atoms with Gasteiger partial charge in [0.25, 0.3) is 5.91 Å². The third-order valence-electron chi connectivity index (χ3n) is 4.48. The van der Waals surface area contributed by atoms with Gasteiger partial charge in [-0.3, -0.25) is 4.79 Å². The van der Waals surface area contributed by atoms with E-state index in [0.29, 0.717) is 25.9 Å². The molecule has 10 heteroatoms. The largest absolute Gasteiger partial charge is 0.487 e. The highest BCUT2D eigenvalue weighted by molar-refractivity contribution is 9.11. The van der Waals surface area contributed by atoms with Gasteiger partial charge in [0.1, 0.15) is 24.0 Å². The first-order valence-electron chi connectivity index (χ1n) is 9.51. The second-order valence-electron chi connectivity index (χ2n) is 6.83. The Bertz CT molecular complexity index is 1310. The average Bonchev–Trinajstić information content (AvgIpc) is 2.80. The number of aromatic carboxylic acids is 1. The lowest BCUT2D eigenvalue weighted by Gasteiger charge is -2.12. The second-order valence-corrected chi connectivity index (χ2v) is 9.32. The van der Waals surface area contributed by atoms with Gasteiger partial charge < -0.3 is 15.2 Å². The van der Waals surface area contributed by atoms with Crippen LogP contribution in [-0.2, 0) is 11.4 Å². The van der Waals surface area contributed by atoms with Crippen LogP contribution in [0, 0.1) is 11.3 Å². The molecule has 172 valence electrons. The van der Waals surface area contributed by atoms with Crippen LogP contribution in [0.4, 0.5) is 5.69 Å². The van der Waals surface area contributed by atoms with Crippen LogP contribution in [0.5, 0.6) is 5.75 Å². The number of nitrogens with zero attached hydrogens (tertiary/aromatic N) is 1. The van der Waals surface area contributed by atoms with Crippen LogP contribution in [0.15, 0.2) is 69.1 Å². The van der Waals surface area contributed by atoms with E-state index in [9.17, 15) is 14.9 Å². The molecule has 0 bridgehead atoms. The van der Waals surface area contributed by atoms with Crippen LogP contribution >= 0.6 is 55.1 Å². The summed E-state index contributed by atoms with van der Waals surface area (Å²) in [6.07, 6.45) is 1.43. The molecule has 0 unspecified atom stereocenters. The van der Waals surface area contributed by atoms with Crippen molar-refractivity contribution in [2.75, 3.05) is 5.32 Å².